The number of hydrogen-bond donors (Lipinski definition) is 0. The highest BCUT2D eigenvalue weighted by atomic mass is 16.2. The van der Waals surface area contributed by atoms with Crippen LogP contribution in [-0.4, -0.2) is 58.4 Å². The maximum Gasteiger partial charge on any atom is 0.253 e. The first-order valence-electron chi connectivity index (χ1n) is 10.0. The lowest BCUT2D eigenvalue weighted by Gasteiger charge is -2.43. The van der Waals surface area contributed by atoms with Crippen molar-refractivity contribution in [1.29, 1.82) is 0 Å². The van der Waals surface area contributed by atoms with Crippen LogP contribution in [0.4, 0.5) is 0 Å². The van der Waals surface area contributed by atoms with Crippen LogP contribution in [0.1, 0.15) is 47.3 Å². The monoisotopic (exact) mass is 364 g/mol. The van der Waals surface area contributed by atoms with Gasteiger partial charge in [0.25, 0.3) is 5.91 Å². The van der Waals surface area contributed by atoms with Crippen molar-refractivity contribution in [2.75, 3.05) is 32.7 Å². The molecule has 0 unspecified atom stereocenters. The zero-order valence-corrected chi connectivity index (χ0v) is 16.1. The number of carbonyl (C=O) groups is 1. The highest BCUT2D eigenvalue weighted by Crippen LogP contribution is 2.36. The first-order chi connectivity index (χ1) is 13.2. The Labute approximate surface area is 161 Å². The van der Waals surface area contributed by atoms with Crippen molar-refractivity contribution in [2.45, 2.75) is 38.0 Å². The number of aryl methyl sites for hydroxylation is 1. The molecule has 0 spiro atoms. The summed E-state index contributed by atoms with van der Waals surface area (Å²) in [6, 6.07) is 7.97. The predicted octanol–water partition coefficient (Wildman–Crippen LogP) is 3.05. The molecular formula is C22H28N4O. The van der Waals surface area contributed by atoms with Crippen LogP contribution in [0.3, 0.4) is 0 Å². The molecule has 2 saturated heterocycles. The van der Waals surface area contributed by atoms with E-state index < -0.39 is 0 Å². The van der Waals surface area contributed by atoms with Crippen LogP contribution in [0.5, 0.6) is 0 Å². The van der Waals surface area contributed by atoms with Gasteiger partial charge in [-0.2, -0.15) is 0 Å². The standard InChI is InChI=1S/C22H28N4O/c1-18-4-5-20(24-16-18)22(17-25-12-2-3-13-25)8-14-26(15-9-22)21(27)19-6-10-23-11-7-19/h4-7,10-11,16H,2-3,8-9,12-15,17H2,1H3. The van der Waals surface area contributed by atoms with Crippen LogP contribution in [0.2, 0.25) is 0 Å². The Morgan fingerprint density at radius 2 is 1.74 bits per heavy atom. The third-order valence-corrected chi connectivity index (χ3v) is 6.11. The van der Waals surface area contributed by atoms with E-state index in [2.05, 4.69) is 28.9 Å². The Morgan fingerprint density at radius 3 is 2.37 bits per heavy atom. The zero-order chi connectivity index (χ0) is 18.7. The first kappa shape index (κ1) is 18.1. The maximum absolute atomic E-state index is 12.8. The Balaban J connectivity index is 1.52. The van der Waals surface area contributed by atoms with Gasteiger partial charge < -0.3 is 9.80 Å². The largest absolute Gasteiger partial charge is 0.339 e. The number of pyridine rings is 2. The first-order valence-corrected chi connectivity index (χ1v) is 10.0. The predicted molar refractivity (Wildman–Crippen MR) is 106 cm³/mol. The van der Waals surface area contributed by atoms with Crippen molar-refractivity contribution in [3.8, 4) is 0 Å². The van der Waals surface area contributed by atoms with E-state index in [-0.39, 0.29) is 11.3 Å². The molecule has 2 aromatic rings. The van der Waals surface area contributed by atoms with Crippen LogP contribution >= 0.6 is 0 Å². The minimum absolute atomic E-state index is 0.0487. The summed E-state index contributed by atoms with van der Waals surface area (Å²) in [5, 5.41) is 0. The summed E-state index contributed by atoms with van der Waals surface area (Å²) >= 11 is 0. The summed E-state index contributed by atoms with van der Waals surface area (Å²) in [6.45, 7) is 7.08. The summed E-state index contributed by atoms with van der Waals surface area (Å²) < 4.78 is 0. The second-order valence-electron chi connectivity index (χ2n) is 8.01. The maximum atomic E-state index is 12.8. The summed E-state index contributed by atoms with van der Waals surface area (Å²) in [5.41, 5.74) is 3.16. The van der Waals surface area contributed by atoms with Gasteiger partial charge in [0.2, 0.25) is 0 Å². The molecule has 0 N–H and O–H groups in total. The van der Waals surface area contributed by atoms with E-state index in [1.165, 1.54) is 37.2 Å². The molecule has 0 aromatic carbocycles. The van der Waals surface area contributed by atoms with Crippen LogP contribution in [-0.2, 0) is 5.41 Å². The summed E-state index contributed by atoms with van der Waals surface area (Å²) in [4.78, 5) is 26.2. The quantitative estimate of drug-likeness (QED) is 0.837. The molecule has 27 heavy (non-hydrogen) atoms. The van der Waals surface area contributed by atoms with E-state index in [1.54, 1.807) is 24.5 Å². The Morgan fingerprint density at radius 1 is 1.04 bits per heavy atom. The molecule has 2 aromatic heterocycles. The molecular weight excluding hydrogens is 336 g/mol. The number of amides is 1. The summed E-state index contributed by atoms with van der Waals surface area (Å²) in [6.07, 6.45) is 9.88. The number of carbonyl (C=O) groups excluding carboxylic acids is 1. The molecule has 5 nitrogen and oxygen atoms in total. The topological polar surface area (TPSA) is 49.3 Å². The molecule has 142 valence electrons. The van der Waals surface area contributed by atoms with E-state index in [9.17, 15) is 4.79 Å². The number of rotatable bonds is 4. The highest BCUT2D eigenvalue weighted by molar-refractivity contribution is 5.94. The molecule has 0 aliphatic carbocycles. The van der Waals surface area contributed by atoms with Crippen molar-refractivity contribution in [3.63, 3.8) is 0 Å². The molecule has 1 amide bonds. The second-order valence-corrected chi connectivity index (χ2v) is 8.01. The van der Waals surface area contributed by atoms with Crippen molar-refractivity contribution >= 4 is 5.91 Å². The number of hydrogen-bond acceptors (Lipinski definition) is 4. The lowest BCUT2D eigenvalue weighted by molar-refractivity contribution is 0.0630. The van der Waals surface area contributed by atoms with Gasteiger partial charge in [0.05, 0.1) is 0 Å². The van der Waals surface area contributed by atoms with E-state index in [1.807, 2.05) is 11.1 Å². The van der Waals surface area contributed by atoms with Gasteiger partial charge in [-0.3, -0.25) is 14.8 Å². The number of likely N-dealkylation sites (tertiary alicyclic amines) is 2. The minimum atomic E-state index is 0.0487. The molecule has 0 saturated carbocycles. The van der Waals surface area contributed by atoms with Gasteiger partial charge in [-0.05, 0) is 69.5 Å². The van der Waals surface area contributed by atoms with Gasteiger partial charge in [-0.25, -0.2) is 0 Å². The third kappa shape index (κ3) is 3.88. The third-order valence-electron chi connectivity index (χ3n) is 6.11. The van der Waals surface area contributed by atoms with E-state index in [4.69, 9.17) is 4.98 Å². The van der Waals surface area contributed by atoms with Gasteiger partial charge in [-0.1, -0.05) is 6.07 Å². The van der Waals surface area contributed by atoms with Crippen molar-refractivity contribution in [3.05, 3.63) is 59.7 Å². The van der Waals surface area contributed by atoms with E-state index >= 15 is 0 Å². The molecule has 0 atom stereocenters. The summed E-state index contributed by atoms with van der Waals surface area (Å²) in [7, 11) is 0. The molecule has 5 heteroatoms. The number of piperidine rings is 1. The molecule has 4 heterocycles. The van der Waals surface area contributed by atoms with Crippen LogP contribution in [0.25, 0.3) is 0 Å². The minimum Gasteiger partial charge on any atom is -0.339 e. The smallest absolute Gasteiger partial charge is 0.253 e. The lowest BCUT2D eigenvalue weighted by atomic mass is 9.74. The fourth-order valence-electron chi connectivity index (χ4n) is 4.46. The second kappa shape index (κ2) is 7.77. The molecule has 2 aliphatic rings. The van der Waals surface area contributed by atoms with Crippen molar-refractivity contribution in [1.82, 2.24) is 19.8 Å². The van der Waals surface area contributed by atoms with Gasteiger partial charge in [0, 0.05) is 54.9 Å². The Hall–Kier alpha value is -2.27. The van der Waals surface area contributed by atoms with E-state index in [0.29, 0.717) is 0 Å². The van der Waals surface area contributed by atoms with E-state index in [0.717, 1.165) is 38.0 Å². The Kier molecular flexibility index (Phi) is 5.21. The average Bonchev–Trinajstić information content (AvgIpc) is 3.22. The van der Waals surface area contributed by atoms with Gasteiger partial charge in [0.1, 0.15) is 0 Å². The van der Waals surface area contributed by atoms with Crippen molar-refractivity contribution < 1.29 is 4.79 Å². The van der Waals surface area contributed by atoms with Crippen molar-refractivity contribution in [2.24, 2.45) is 0 Å². The van der Waals surface area contributed by atoms with Gasteiger partial charge >= 0.3 is 0 Å². The highest BCUT2D eigenvalue weighted by Gasteiger charge is 2.40. The SMILES string of the molecule is Cc1ccc(C2(CN3CCCC3)CCN(C(=O)c3ccncc3)CC2)nc1. The Bertz CT molecular complexity index is 761. The fourth-order valence-corrected chi connectivity index (χ4v) is 4.46. The van der Waals surface area contributed by atoms with Crippen LogP contribution in [0.15, 0.2) is 42.9 Å². The number of nitrogens with zero attached hydrogens (tertiary/aromatic N) is 4. The fraction of sp³-hybridized carbons (Fsp3) is 0.500. The zero-order valence-electron chi connectivity index (χ0n) is 16.1. The van der Waals surface area contributed by atoms with Crippen LogP contribution in [0, 0.1) is 6.92 Å². The van der Waals surface area contributed by atoms with Gasteiger partial charge in [0.15, 0.2) is 0 Å². The average molecular weight is 364 g/mol. The molecule has 4 rings (SSSR count). The molecule has 2 aliphatic heterocycles. The summed E-state index contributed by atoms with van der Waals surface area (Å²) in [5.74, 6) is 0.115. The molecule has 0 bridgehead atoms. The van der Waals surface area contributed by atoms with Gasteiger partial charge in [-0.15, -0.1) is 0 Å². The molecule has 0 radical (unpaired) electrons. The normalized spacial score (nSPS) is 20.0. The molecule has 2 fully saturated rings. The number of aromatic nitrogens is 2. The lowest BCUT2D eigenvalue weighted by Crippen LogP contribution is -2.50. The van der Waals surface area contributed by atoms with Crippen LogP contribution < -0.4 is 0 Å².